The molecule has 0 atom stereocenters. The molecule has 0 N–H and O–H groups in total. The van der Waals surface area contributed by atoms with Gasteiger partial charge < -0.3 is 4.40 Å². The molecule has 0 radical (unpaired) electrons. The predicted octanol–water partition coefficient (Wildman–Crippen LogP) is 7.20. The van der Waals surface area contributed by atoms with Crippen LogP contribution < -0.4 is 0 Å². The molecular formula is C24H13NS. The molecule has 0 fully saturated rings. The standard InChI is InChI=1S/C24H13NS/c1-3-10-20-14(6-1)16-8-5-9-17-18-13-23-19(12-21(18)25(20)24(16)17)15-7-2-4-11-22(15)26-23/h1-13H. The van der Waals surface area contributed by atoms with E-state index in [1.165, 1.54) is 58.3 Å². The van der Waals surface area contributed by atoms with E-state index in [4.69, 9.17) is 0 Å². The van der Waals surface area contributed by atoms with Crippen LogP contribution in [-0.4, -0.2) is 4.40 Å². The minimum atomic E-state index is 1.30. The maximum absolute atomic E-state index is 2.46. The summed E-state index contributed by atoms with van der Waals surface area (Å²) >= 11 is 1.89. The molecule has 3 heterocycles. The van der Waals surface area contributed by atoms with Gasteiger partial charge in [0, 0.05) is 41.7 Å². The highest BCUT2D eigenvalue weighted by Crippen LogP contribution is 2.42. The van der Waals surface area contributed by atoms with Gasteiger partial charge in [-0.15, -0.1) is 11.3 Å². The van der Waals surface area contributed by atoms with Crippen molar-refractivity contribution in [3.05, 3.63) is 78.9 Å². The van der Waals surface area contributed by atoms with Gasteiger partial charge in [0.25, 0.3) is 0 Å². The van der Waals surface area contributed by atoms with Crippen LogP contribution in [0.5, 0.6) is 0 Å². The molecule has 7 rings (SSSR count). The van der Waals surface area contributed by atoms with Gasteiger partial charge in [-0.05, 0) is 24.3 Å². The van der Waals surface area contributed by atoms with Crippen LogP contribution in [0.25, 0.3) is 58.3 Å². The number of thiophene rings is 1. The second-order valence-electron chi connectivity index (χ2n) is 7.02. The third-order valence-electron chi connectivity index (χ3n) is 5.72. The number of rotatable bonds is 0. The molecule has 0 aliphatic heterocycles. The molecule has 4 aromatic carbocycles. The third-order valence-corrected chi connectivity index (χ3v) is 6.85. The first-order chi connectivity index (χ1) is 12.9. The van der Waals surface area contributed by atoms with Gasteiger partial charge in [-0.1, -0.05) is 54.6 Å². The minimum absolute atomic E-state index is 1.30. The molecule has 0 aliphatic rings. The maximum atomic E-state index is 2.46. The van der Waals surface area contributed by atoms with Crippen molar-refractivity contribution in [3.8, 4) is 0 Å². The van der Waals surface area contributed by atoms with Crippen molar-refractivity contribution >= 4 is 69.6 Å². The Hall–Kier alpha value is -3.10. The Bertz CT molecular complexity index is 1630. The molecular weight excluding hydrogens is 334 g/mol. The molecule has 3 aromatic heterocycles. The fraction of sp³-hybridized carbons (Fsp3) is 0. The first-order valence-corrected chi connectivity index (χ1v) is 9.70. The Kier molecular flexibility index (Phi) is 2.20. The van der Waals surface area contributed by atoms with Crippen LogP contribution in [0.2, 0.25) is 0 Å². The Morgan fingerprint density at radius 3 is 2.15 bits per heavy atom. The lowest BCUT2D eigenvalue weighted by atomic mass is 10.1. The lowest BCUT2D eigenvalue weighted by Gasteiger charge is -1.98. The molecule has 26 heavy (non-hydrogen) atoms. The van der Waals surface area contributed by atoms with Crippen LogP contribution in [0.15, 0.2) is 78.9 Å². The molecule has 0 saturated heterocycles. The van der Waals surface area contributed by atoms with E-state index in [2.05, 4.69) is 83.3 Å². The topological polar surface area (TPSA) is 4.41 Å². The third kappa shape index (κ3) is 1.40. The summed E-state index contributed by atoms with van der Waals surface area (Å²) < 4.78 is 5.19. The smallest absolute Gasteiger partial charge is 0.0620 e. The second-order valence-corrected chi connectivity index (χ2v) is 8.10. The Labute approximate surface area is 153 Å². The van der Waals surface area contributed by atoms with E-state index in [1.807, 2.05) is 11.3 Å². The van der Waals surface area contributed by atoms with Gasteiger partial charge in [0.1, 0.15) is 0 Å². The molecule has 0 bridgehead atoms. The monoisotopic (exact) mass is 347 g/mol. The number of aromatic nitrogens is 1. The summed E-state index contributed by atoms with van der Waals surface area (Å²) in [5, 5.41) is 8.12. The number of fused-ring (bicyclic) bond motifs is 9. The van der Waals surface area contributed by atoms with Crippen molar-refractivity contribution in [1.82, 2.24) is 4.40 Å². The fourth-order valence-electron chi connectivity index (χ4n) is 4.65. The van der Waals surface area contributed by atoms with Crippen molar-refractivity contribution in [2.24, 2.45) is 0 Å². The van der Waals surface area contributed by atoms with Gasteiger partial charge in [0.05, 0.1) is 16.6 Å². The van der Waals surface area contributed by atoms with E-state index in [1.54, 1.807) is 0 Å². The number of hydrogen-bond donors (Lipinski definition) is 0. The van der Waals surface area contributed by atoms with E-state index in [0.29, 0.717) is 0 Å². The molecule has 120 valence electrons. The molecule has 7 aromatic rings. The van der Waals surface area contributed by atoms with Crippen LogP contribution >= 0.6 is 11.3 Å². The van der Waals surface area contributed by atoms with Gasteiger partial charge in [0.15, 0.2) is 0 Å². The Morgan fingerprint density at radius 2 is 1.23 bits per heavy atom. The van der Waals surface area contributed by atoms with Crippen molar-refractivity contribution in [2.75, 3.05) is 0 Å². The number of nitrogens with zero attached hydrogens (tertiary/aromatic N) is 1. The van der Waals surface area contributed by atoms with E-state index in [-0.39, 0.29) is 0 Å². The highest BCUT2D eigenvalue weighted by Gasteiger charge is 2.18. The summed E-state index contributed by atoms with van der Waals surface area (Å²) in [5.74, 6) is 0. The van der Waals surface area contributed by atoms with Gasteiger partial charge >= 0.3 is 0 Å². The Morgan fingerprint density at radius 1 is 0.500 bits per heavy atom. The SMILES string of the molecule is c1ccc2c(c1)sc1cc3c4cccc5c6ccccc6n(c3cc12)c54. The van der Waals surface area contributed by atoms with Crippen molar-refractivity contribution in [1.29, 1.82) is 0 Å². The maximum Gasteiger partial charge on any atom is 0.0620 e. The summed E-state index contributed by atoms with van der Waals surface area (Å²) in [6, 6.07) is 29.0. The average Bonchev–Trinajstić information content (AvgIpc) is 3.32. The van der Waals surface area contributed by atoms with Crippen LogP contribution in [0.1, 0.15) is 0 Å². The van der Waals surface area contributed by atoms with Crippen molar-refractivity contribution in [3.63, 3.8) is 0 Å². The normalized spacial score (nSPS) is 12.6. The van der Waals surface area contributed by atoms with E-state index in [9.17, 15) is 0 Å². The van der Waals surface area contributed by atoms with Gasteiger partial charge in [0.2, 0.25) is 0 Å². The van der Waals surface area contributed by atoms with E-state index in [0.717, 1.165) is 0 Å². The summed E-state index contributed by atoms with van der Waals surface area (Å²) in [4.78, 5) is 0. The zero-order chi connectivity index (χ0) is 16.8. The molecule has 1 nitrogen and oxygen atoms in total. The lowest BCUT2D eigenvalue weighted by molar-refractivity contribution is 1.37. The van der Waals surface area contributed by atoms with Gasteiger partial charge in [-0.25, -0.2) is 0 Å². The van der Waals surface area contributed by atoms with Crippen LogP contribution in [0.4, 0.5) is 0 Å². The number of benzene rings is 4. The molecule has 0 aliphatic carbocycles. The van der Waals surface area contributed by atoms with Crippen molar-refractivity contribution in [2.45, 2.75) is 0 Å². The van der Waals surface area contributed by atoms with Gasteiger partial charge in [-0.3, -0.25) is 0 Å². The summed E-state index contributed by atoms with van der Waals surface area (Å²) in [7, 11) is 0. The van der Waals surface area contributed by atoms with Crippen LogP contribution in [0, 0.1) is 0 Å². The molecule has 2 heteroatoms. The fourth-order valence-corrected chi connectivity index (χ4v) is 5.77. The lowest BCUT2D eigenvalue weighted by Crippen LogP contribution is -1.79. The molecule has 0 unspecified atom stereocenters. The average molecular weight is 347 g/mol. The van der Waals surface area contributed by atoms with E-state index >= 15 is 0 Å². The molecule has 0 saturated carbocycles. The number of para-hydroxylation sites is 2. The summed E-state index contributed by atoms with van der Waals surface area (Å²) in [5.41, 5.74) is 3.96. The first kappa shape index (κ1) is 13.2. The highest BCUT2D eigenvalue weighted by molar-refractivity contribution is 7.25. The highest BCUT2D eigenvalue weighted by atomic mass is 32.1. The minimum Gasteiger partial charge on any atom is -0.308 e. The van der Waals surface area contributed by atoms with Crippen molar-refractivity contribution < 1.29 is 0 Å². The second kappa shape index (κ2) is 4.35. The quantitative estimate of drug-likeness (QED) is 0.273. The predicted molar refractivity (Wildman–Crippen MR) is 114 cm³/mol. The van der Waals surface area contributed by atoms with Crippen LogP contribution in [-0.2, 0) is 0 Å². The number of hydrogen-bond acceptors (Lipinski definition) is 1. The first-order valence-electron chi connectivity index (χ1n) is 8.88. The van der Waals surface area contributed by atoms with E-state index < -0.39 is 0 Å². The zero-order valence-corrected chi connectivity index (χ0v) is 14.7. The summed E-state index contributed by atoms with van der Waals surface area (Å²) in [6.45, 7) is 0. The Balaban J connectivity index is 1.85. The molecule has 0 spiro atoms. The van der Waals surface area contributed by atoms with Gasteiger partial charge in [-0.2, -0.15) is 0 Å². The molecule has 0 amide bonds. The van der Waals surface area contributed by atoms with Crippen LogP contribution in [0.3, 0.4) is 0 Å². The summed E-state index contributed by atoms with van der Waals surface area (Å²) in [6.07, 6.45) is 0. The largest absolute Gasteiger partial charge is 0.308 e. The zero-order valence-electron chi connectivity index (χ0n) is 13.9.